The largest absolute Gasteiger partial charge is 0.334 e. The van der Waals surface area contributed by atoms with E-state index >= 15 is 0 Å². The highest BCUT2D eigenvalue weighted by Crippen LogP contribution is 2.15. The maximum Gasteiger partial charge on any atom is 0.334 e. The maximum atomic E-state index is 12.5. The predicted octanol–water partition coefficient (Wildman–Crippen LogP) is 3.27. The van der Waals surface area contributed by atoms with E-state index in [0.29, 0.717) is 17.9 Å². The molecule has 10 heteroatoms. The van der Waals surface area contributed by atoms with Gasteiger partial charge in [-0.2, -0.15) is 4.80 Å². The molecule has 0 saturated heterocycles. The molecule has 0 fully saturated rings. The summed E-state index contributed by atoms with van der Waals surface area (Å²) in [4.78, 5) is 30.6. The van der Waals surface area contributed by atoms with Gasteiger partial charge in [-0.25, -0.2) is 10.2 Å². The summed E-state index contributed by atoms with van der Waals surface area (Å²) >= 11 is 0. The lowest BCUT2D eigenvalue weighted by atomic mass is 10.1. The van der Waals surface area contributed by atoms with Crippen molar-refractivity contribution in [1.29, 1.82) is 0 Å². The Balaban J connectivity index is 1.29. The van der Waals surface area contributed by atoms with Crippen molar-refractivity contribution in [2.75, 3.05) is 0 Å². The third-order valence-electron chi connectivity index (χ3n) is 5.24. The Hall–Kier alpha value is -4.60. The number of hydrazine groups is 1. The molecule has 1 atom stereocenters. The Morgan fingerprint density at radius 1 is 0.943 bits per heavy atom. The number of nitrogens with one attached hydrogen (secondary N) is 3. The van der Waals surface area contributed by atoms with Crippen LogP contribution in [0.3, 0.4) is 0 Å². The van der Waals surface area contributed by atoms with Gasteiger partial charge in [0.15, 0.2) is 0 Å². The Morgan fingerprint density at radius 2 is 1.71 bits per heavy atom. The SMILES string of the molecule is CCCC(NC(=O)NNC(=O)c1ccc(Cn2nnc(-c3ccccc3)n2)cc1)c1ccccn1. The van der Waals surface area contributed by atoms with Crippen LogP contribution >= 0.6 is 0 Å². The van der Waals surface area contributed by atoms with E-state index in [0.717, 1.165) is 29.7 Å². The minimum atomic E-state index is -0.509. The van der Waals surface area contributed by atoms with Gasteiger partial charge in [0.25, 0.3) is 5.91 Å². The van der Waals surface area contributed by atoms with Crippen molar-refractivity contribution < 1.29 is 9.59 Å². The second-order valence-corrected chi connectivity index (χ2v) is 7.85. The average molecular weight is 471 g/mol. The van der Waals surface area contributed by atoms with Crippen molar-refractivity contribution in [3.63, 3.8) is 0 Å². The molecular weight excluding hydrogens is 444 g/mol. The fraction of sp³-hybridized carbons (Fsp3) is 0.200. The highest BCUT2D eigenvalue weighted by Gasteiger charge is 2.15. The molecule has 0 aliphatic heterocycles. The molecule has 178 valence electrons. The number of rotatable bonds is 8. The zero-order valence-corrected chi connectivity index (χ0v) is 19.3. The van der Waals surface area contributed by atoms with Crippen LogP contribution in [0, 0.1) is 0 Å². The molecule has 0 bridgehead atoms. The third-order valence-corrected chi connectivity index (χ3v) is 5.24. The fourth-order valence-electron chi connectivity index (χ4n) is 3.48. The van der Waals surface area contributed by atoms with E-state index in [1.807, 2.05) is 55.5 Å². The van der Waals surface area contributed by atoms with E-state index < -0.39 is 11.9 Å². The monoisotopic (exact) mass is 470 g/mol. The van der Waals surface area contributed by atoms with Gasteiger partial charge in [-0.05, 0) is 41.5 Å². The number of tetrazole rings is 1. The molecule has 4 rings (SSSR count). The number of pyridine rings is 1. The van der Waals surface area contributed by atoms with E-state index in [-0.39, 0.29) is 6.04 Å². The van der Waals surface area contributed by atoms with Crippen molar-refractivity contribution >= 4 is 11.9 Å². The summed E-state index contributed by atoms with van der Waals surface area (Å²) in [6.07, 6.45) is 3.29. The topological polar surface area (TPSA) is 127 Å². The molecule has 0 radical (unpaired) electrons. The van der Waals surface area contributed by atoms with E-state index in [1.165, 1.54) is 4.80 Å². The maximum absolute atomic E-state index is 12.5. The van der Waals surface area contributed by atoms with Gasteiger partial charge < -0.3 is 5.32 Å². The molecule has 2 aromatic carbocycles. The van der Waals surface area contributed by atoms with Crippen LogP contribution in [0.15, 0.2) is 79.0 Å². The molecule has 35 heavy (non-hydrogen) atoms. The van der Waals surface area contributed by atoms with Crippen molar-refractivity contribution in [2.45, 2.75) is 32.4 Å². The number of urea groups is 1. The molecule has 2 aromatic heterocycles. The summed E-state index contributed by atoms with van der Waals surface area (Å²) in [5.74, 6) is 0.122. The number of hydrogen-bond acceptors (Lipinski definition) is 6. The van der Waals surface area contributed by atoms with Crippen LogP contribution in [0.5, 0.6) is 0 Å². The minimum Gasteiger partial charge on any atom is -0.328 e. The number of nitrogens with zero attached hydrogens (tertiary/aromatic N) is 5. The van der Waals surface area contributed by atoms with Crippen LogP contribution in [0.1, 0.15) is 47.4 Å². The summed E-state index contributed by atoms with van der Waals surface area (Å²) < 4.78 is 0. The Bertz CT molecular complexity index is 1240. The molecule has 0 spiro atoms. The Morgan fingerprint density at radius 3 is 2.43 bits per heavy atom. The number of hydrogen-bond donors (Lipinski definition) is 3. The number of amides is 3. The lowest BCUT2D eigenvalue weighted by Crippen LogP contribution is -2.48. The van der Waals surface area contributed by atoms with E-state index in [1.54, 1.807) is 30.5 Å². The minimum absolute atomic E-state index is 0.245. The van der Waals surface area contributed by atoms with Gasteiger partial charge in [-0.3, -0.25) is 15.2 Å². The summed E-state index contributed by atoms with van der Waals surface area (Å²) in [5, 5.41) is 15.4. The van der Waals surface area contributed by atoms with Gasteiger partial charge in [0.05, 0.1) is 18.3 Å². The number of benzene rings is 2. The molecule has 4 aromatic rings. The van der Waals surface area contributed by atoms with Crippen molar-refractivity contribution in [3.8, 4) is 11.4 Å². The molecule has 1 unspecified atom stereocenters. The van der Waals surface area contributed by atoms with Crippen LogP contribution in [0.4, 0.5) is 4.79 Å². The van der Waals surface area contributed by atoms with E-state index in [9.17, 15) is 9.59 Å². The van der Waals surface area contributed by atoms with Gasteiger partial charge >= 0.3 is 6.03 Å². The van der Waals surface area contributed by atoms with Crippen molar-refractivity contribution in [3.05, 3.63) is 95.8 Å². The lowest BCUT2D eigenvalue weighted by molar-refractivity contribution is 0.0935. The highest BCUT2D eigenvalue weighted by atomic mass is 16.2. The molecule has 3 N–H and O–H groups in total. The van der Waals surface area contributed by atoms with Gasteiger partial charge in [-0.15, -0.1) is 10.2 Å². The summed E-state index contributed by atoms with van der Waals surface area (Å²) in [6.45, 7) is 2.44. The smallest absolute Gasteiger partial charge is 0.328 e. The van der Waals surface area contributed by atoms with Gasteiger partial charge in [-0.1, -0.05) is 61.9 Å². The zero-order valence-electron chi connectivity index (χ0n) is 19.3. The summed E-state index contributed by atoms with van der Waals surface area (Å²) in [5.41, 5.74) is 7.80. The normalized spacial score (nSPS) is 11.5. The Kier molecular flexibility index (Phi) is 7.74. The van der Waals surface area contributed by atoms with Gasteiger partial charge in [0.2, 0.25) is 5.82 Å². The van der Waals surface area contributed by atoms with E-state index in [2.05, 4.69) is 36.6 Å². The lowest BCUT2D eigenvalue weighted by Gasteiger charge is -2.18. The summed E-state index contributed by atoms with van der Waals surface area (Å²) in [6, 6.07) is 21.4. The number of carbonyl (C=O) groups is 2. The van der Waals surface area contributed by atoms with Crippen LogP contribution in [0.25, 0.3) is 11.4 Å². The van der Waals surface area contributed by atoms with E-state index in [4.69, 9.17) is 0 Å². The first-order valence-electron chi connectivity index (χ1n) is 11.3. The molecule has 0 saturated carbocycles. The molecule has 10 nitrogen and oxygen atoms in total. The van der Waals surface area contributed by atoms with Crippen LogP contribution in [-0.4, -0.2) is 37.1 Å². The van der Waals surface area contributed by atoms with Crippen LogP contribution in [-0.2, 0) is 6.54 Å². The number of carbonyl (C=O) groups excluding carboxylic acids is 2. The first-order chi connectivity index (χ1) is 17.1. The first-order valence-corrected chi connectivity index (χ1v) is 11.3. The second kappa shape index (κ2) is 11.5. The third kappa shape index (κ3) is 6.47. The highest BCUT2D eigenvalue weighted by molar-refractivity contribution is 5.95. The predicted molar refractivity (Wildman–Crippen MR) is 130 cm³/mol. The standard InChI is InChI=1S/C25H26N8O2/c1-2-8-22(21-11-6-7-16-26-21)27-25(35)30-29-24(34)20-14-12-18(13-15-20)17-33-31-23(28-32-33)19-9-4-3-5-10-19/h3-7,9-16,22H,2,8,17H2,1H3,(H,29,34)(H2,27,30,35). The molecular formula is C25H26N8O2. The Labute approximate surface area is 202 Å². The van der Waals surface area contributed by atoms with Gasteiger partial charge in [0.1, 0.15) is 0 Å². The molecule has 0 aliphatic carbocycles. The fourth-order valence-corrected chi connectivity index (χ4v) is 3.48. The molecule has 3 amide bonds. The second-order valence-electron chi connectivity index (χ2n) is 7.85. The van der Waals surface area contributed by atoms with Gasteiger partial charge in [0, 0.05) is 17.3 Å². The van der Waals surface area contributed by atoms with Crippen molar-refractivity contribution in [1.82, 2.24) is 41.4 Å². The molecule has 2 heterocycles. The zero-order chi connectivity index (χ0) is 24.5. The summed E-state index contributed by atoms with van der Waals surface area (Å²) in [7, 11) is 0. The average Bonchev–Trinajstić information content (AvgIpc) is 3.37. The molecule has 0 aliphatic rings. The first kappa shape index (κ1) is 23.6. The van der Waals surface area contributed by atoms with Crippen LogP contribution in [0.2, 0.25) is 0 Å². The van der Waals surface area contributed by atoms with Crippen LogP contribution < -0.4 is 16.2 Å². The number of aromatic nitrogens is 5. The van der Waals surface area contributed by atoms with Crippen molar-refractivity contribution in [2.24, 2.45) is 0 Å². The quantitative estimate of drug-likeness (QED) is 0.339.